The van der Waals surface area contributed by atoms with E-state index in [0.717, 1.165) is 30.6 Å². The molecule has 0 unspecified atom stereocenters. The van der Waals surface area contributed by atoms with Crippen molar-refractivity contribution >= 4 is 5.97 Å². The Morgan fingerprint density at radius 1 is 1.00 bits per heavy atom. The summed E-state index contributed by atoms with van der Waals surface area (Å²) in [5.41, 5.74) is 0.394. The summed E-state index contributed by atoms with van der Waals surface area (Å²) >= 11 is 0. The van der Waals surface area contributed by atoms with Crippen LogP contribution in [0.3, 0.4) is 0 Å². The van der Waals surface area contributed by atoms with Gasteiger partial charge in [-0.15, -0.1) is 0 Å². The maximum absolute atomic E-state index is 11.9. The average molecular weight is 351 g/mol. The summed E-state index contributed by atoms with van der Waals surface area (Å²) in [6.45, 7) is 5.94. The van der Waals surface area contributed by atoms with Gasteiger partial charge < -0.3 is 9.84 Å². The van der Waals surface area contributed by atoms with Crippen LogP contribution in [-0.4, -0.2) is 23.8 Å². The predicted molar refractivity (Wildman–Crippen MR) is 102 cm³/mol. The van der Waals surface area contributed by atoms with Crippen LogP contribution in [0, 0.1) is 17.8 Å². The van der Waals surface area contributed by atoms with Crippen LogP contribution in [0.2, 0.25) is 0 Å². The minimum Gasteiger partial charge on any atom is -0.459 e. The van der Waals surface area contributed by atoms with Crippen molar-refractivity contribution in [3.8, 4) is 0 Å². The maximum Gasteiger partial charge on any atom is 0.333 e. The Hall–Kier alpha value is -0.830. The lowest BCUT2D eigenvalue weighted by Crippen LogP contribution is -2.30. The first kappa shape index (κ1) is 20.5. The molecule has 1 N–H and O–H groups in total. The highest BCUT2D eigenvalue weighted by atomic mass is 16.5. The Labute approximate surface area is 154 Å². The van der Waals surface area contributed by atoms with E-state index in [-0.39, 0.29) is 18.7 Å². The summed E-state index contributed by atoms with van der Waals surface area (Å²) in [5.74, 6) is 2.42. The molecule has 0 amide bonds. The molecule has 0 aromatic heterocycles. The Kier molecular flexibility index (Phi) is 9.02. The van der Waals surface area contributed by atoms with Crippen molar-refractivity contribution in [2.75, 3.05) is 6.61 Å². The van der Waals surface area contributed by atoms with E-state index < -0.39 is 0 Å². The van der Waals surface area contributed by atoms with Gasteiger partial charge in [-0.2, -0.15) is 0 Å². The van der Waals surface area contributed by atoms with Crippen LogP contribution in [0.4, 0.5) is 0 Å². The number of carbonyl (C=O) groups excluding carboxylic acids is 1. The molecule has 0 aromatic carbocycles. The molecule has 0 bridgehead atoms. The summed E-state index contributed by atoms with van der Waals surface area (Å²) in [6, 6.07) is 0. The number of aliphatic hydroxyl groups is 1. The van der Waals surface area contributed by atoms with Crippen LogP contribution in [0.1, 0.15) is 90.4 Å². The molecule has 0 heterocycles. The lowest BCUT2D eigenvalue weighted by molar-refractivity contribution is -0.146. The van der Waals surface area contributed by atoms with Gasteiger partial charge in [0.1, 0.15) is 6.10 Å². The molecule has 0 radical (unpaired) electrons. The largest absolute Gasteiger partial charge is 0.459 e. The van der Waals surface area contributed by atoms with Gasteiger partial charge in [0.05, 0.1) is 0 Å². The highest BCUT2D eigenvalue weighted by Gasteiger charge is 2.32. The van der Waals surface area contributed by atoms with Gasteiger partial charge in [-0.1, -0.05) is 52.0 Å². The van der Waals surface area contributed by atoms with E-state index in [1.165, 1.54) is 64.2 Å². The molecule has 2 saturated carbocycles. The number of rotatable bonds is 9. The summed E-state index contributed by atoms with van der Waals surface area (Å²) in [4.78, 5) is 11.9. The normalized spacial score (nSPS) is 30.0. The molecule has 2 aliphatic rings. The second-order valence-electron chi connectivity index (χ2n) is 8.30. The number of ether oxygens (including phenoxy) is 1. The van der Waals surface area contributed by atoms with Gasteiger partial charge in [0.2, 0.25) is 0 Å². The number of esters is 1. The molecular weight excluding hydrogens is 312 g/mol. The summed E-state index contributed by atoms with van der Waals surface area (Å²) in [6.07, 6.45) is 16.1. The number of aliphatic hydroxyl groups excluding tert-OH is 1. The highest BCUT2D eigenvalue weighted by Crippen LogP contribution is 2.41. The maximum atomic E-state index is 11.9. The van der Waals surface area contributed by atoms with E-state index in [4.69, 9.17) is 9.84 Å². The van der Waals surface area contributed by atoms with Gasteiger partial charge in [0, 0.05) is 18.6 Å². The number of unbranched alkanes of at least 4 members (excludes halogenated alkanes) is 2. The van der Waals surface area contributed by atoms with Crippen molar-refractivity contribution < 1.29 is 14.6 Å². The molecule has 0 spiro atoms. The molecule has 3 heteroatoms. The van der Waals surface area contributed by atoms with Crippen molar-refractivity contribution in [1.82, 2.24) is 0 Å². The Morgan fingerprint density at radius 2 is 1.60 bits per heavy atom. The fourth-order valence-electron chi connectivity index (χ4n) is 4.78. The molecule has 0 aromatic rings. The highest BCUT2D eigenvalue weighted by molar-refractivity contribution is 5.87. The van der Waals surface area contributed by atoms with E-state index >= 15 is 0 Å². The van der Waals surface area contributed by atoms with Crippen molar-refractivity contribution in [3.63, 3.8) is 0 Å². The fraction of sp³-hybridized carbons (Fsp3) is 0.864. The predicted octanol–water partition coefficient (Wildman–Crippen LogP) is 5.41. The third-order valence-corrected chi connectivity index (χ3v) is 6.47. The SMILES string of the molecule is C=C(CCO)C(=O)O[C@H]1CC[C@@H](C2CCC(CCCCC)CC2)CC1. The smallest absolute Gasteiger partial charge is 0.333 e. The van der Waals surface area contributed by atoms with E-state index in [9.17, 15) is 4.79 Å². The van der Waals surface area contributed by atoms with Crippen LogP contribution >= 0.6 is 0 Å². The molecule has 25 heavy (non-hydrogen) atoms. The lowest BCUT2D eigenvalue weighted by atomic mass is 9.70. The lowest BCUT2D eigenvalue weighted by Gasteiger charge is -2.37. The first-order valence-electron chi connectivity index (χ1n) is 10.6. The summed E-state index contributed by atoms with van der Waals surface area (Å²) < 4.78 is 5.56. The van der Waals surface area contributed by atoms with Crippen LogP contribution in [0.5, 0.6) is 0 Å². The minimum absolute atomic E-state index is 0.0399. The zero-order valence-corrected chi connectivity index (χ0v) is 16.2. The van der Waals surface area contributed by atoms with E-state index in [1.807, 2.05) is 0 Å². The minimum atomic E-state index is -0.315. The van der Waals surface area contributed by atoms with Gasteiger partial charge in [-0.05, 0) is 56.3 Å². The standard InChI is InChI=1S/C22H38O3/c1-3-4-5-6-18-7-9-19(10-8-18)20-11-13-21(14-12-20)25-22(24)17(2)15-16-23/h18-21,23H,2-16H2,1H3/t18?,19?,20-,21+. The van der Waals surface area contributed by atoms with Crippen molar-refractivity contribution in [3.05, 3.63) is 12.2 Å². The Bertz CT molecular complexity index is 401. The molecule has 0 saturated heterocycles. The first-order valence-corrected chi connectivity index (χ1v) is 10.6. The summed E-state index contributed by atoms with van der Waals surface area (Å²) in [5, 5.41) is 8.88. The zero-order valence-electron chi connectivity index (χ0n) is 16.2. The van der Waals surface area contributed by atoms with Crippen molar-refractivity contribution in [2.45, 2.75) is 96.5 Å². The number of hydrogen-bond acceptors (Lipinski definition) is 3. The van der Waals surface area contributed by atoms with E-state index in [1.54, 1.807) is 0 Å². The second kappa shape index (κ2) is 11.0. The molecule has 3 nitrogen and oxygen atoms in total. The average Bonchev–Trinajstić information content (AvgIpc) is 2.63. The fourth-order valence-corrected chi connectivity index (χ4v) is 4.78. The van der Waals surface area contributed by atoms with Gasteiger partial charge in [-0.25, -0.2) is 4.79 Å². The molecule has 144 valence electrons. The molecule has 2 fully saturated rings. The topological polar surface area (TPSA) is 46.5 Å². The van der Waals surface area contributed by atoms with Crippen LogP contribution in [0.15, 0.2) is 12.2 Å². The van der Waals surface area contributed by atoms with Crippen LogP contribution in [-0.2, 0) is 9.53 Å². The van der Waals surface area contributed by atoms with Crippen molar-refractivity contribution in [1.29, 1.82) is 0 Å². The van der Waals surface area contributed by atoms with E-state index in [2.05, 4.69) is 13.5 Å². The quantitative estimate of drug-likeness (QED) is 0.343. The van der Waals surface area contributed by atoms with Crippen molar-refractivity contribution in [2.24, 2.45) is 17.8 Å². The monoisotopic (exact) mass is 350 g/mol. The molecule has 2 rings (SSSR count). The van der Waals surface area contributed by atoms with Gasteiger partial charge >= 0.3 is 5.97 Å². The summed E-state index contributed by atoms with van der Waals surface area (Å²) in [7, 11) is 0. The molecule has 0 atom stereocenters. The molecular formula is C22H38O3. The second-order valence-corrected chi connectivity index (χ2v) is 8.30. The van der Waals surface area contributed by atoms with Crippen LogP contribution < -0.4 is 0 Å². The Balaban J connectivity index is 1.64. The van der Waals surface area contributed by atoms with Gasteiger partial charge in [0.25, 0.3) is 0 Å². The zero-order chi connectivity index (χ0) is 18.1. The van der Waals surface area contributed by atoms with E-state index in [0.29, 0.717) is 12.0 Å². The number of carbonyl (C=O) groups is 1. The third kappa shape index (κ3) is 6.77. The van der Waals surface area contributed by atoms with Gasteiger partial charge in [-0.3, -0.25) is 0 Å². The number of hydrogen-bond donors (Lipinski definition) is 1. The molecule has 2 aliphatic carbocycles. The first-order chi connectivity index (χ1) is 12.1. The third-order valence-electron chi connectivity index (χ3n) is 6.47. The van der Waals surface area contributed by atoms with Crippen LogP contribution in [0.25, 0.3) is 0 Å². The Morgan fingerprint density at radius 3 is 2.16 bits per heavy atom. The molecule has 0 aliphatic heterocycles. The van der Waals surface area contributed by atoms with Gasteiger partial charge in [0.15, 0.2) is 0 Å².